The Bertz CT molecular complexity index is 5130. The fraction of sp³-hybridized carbons (Fsp3) is 0.228. The third kappa shape index (κ3) is 13.4. The first-order valence-corrected chi connectivity index (χ1v) is 38.4. The molecule has 0 aromatic heterocycles. The normalized spacial score (nSPS) is 12.6. The highest BCUT2D eigenvalue weighted by molar-refractivity contribution is 6.29. The van der Waals surface area contributed by atoms with E-state index in [-0.39, 0.29) is 5.41 Å². The average molecular weight is 1320 g/mol. The largest absolute Gasteiger partial charge is 0.311 e. The maximum absolute atomic E-state index is 2.60. The monoisotopic (exact) mass is 1320 g/mol. The van der Waals surface area contributed by atoms with Gasteiger partial charge in [-0.15, -0.1) is 0 Å². The predicted octanol–water partition coefficient (Wildman–Crippen LogP) is 30.2. The first-order chi connectivity index (χ1) is 50.2. The second-order valence-electron chi connectivity index (χ2n) is 29.4. The number of anilines is 3. The van der Waals surface area contributed by atoms with E-state index in [1.165, 1.54) is 245 Å². The molecule has 0 saturated heterocycles. The molecule has 0 saturated carbocycles. The maximum atomic E-state index is 2.60. The highest BCUT2D eigenvalue weighted by Crippen LogP contribution is 2.59. The van der Waals surface area contributed by atoms with Crippen LogP contribution in [0.1, 0.15) is 158 Å². The molecule has 0 radical (unpaired) electrons. The van der Waals surface area contributed by atoms with Crippen LogP contribution in [0.4, 0.5) is 17.1 Å². The van der Waals surface area contributed by atoms with Crippen molar-refractivity contribution in [3.63, 3.8) is 0 Å². The van der Waals surface area contributed by atoms with Crippen molar-refractivity contribution in [2.75, 3.05) is 4.90 Å². The van der Waals surface area contributed by atoms with Crippen LogP contribution in [0, 0.1) is 13.8 Å². The molecule has 16 rings (SSSR count). The van der Waals surface area contributed by atoms with Crippen LogP contribution in [0.3, 0.4) is 0 Å². The van der Waals surface area contributed by atoms with Crippen LogP contribution in [0.15, 0.2) is 291 Å². The first-order valence-electron chi connectivity index (χ1n) is 38.4. The van der Waals surface area contributed by atoms with E-state index in [1.54, 1.807) is 11.1 Å². The third-order valence-electron chi connectivity index (χ3n) is 22.7. The summed E-state index contributed by atoms with van der Waals surface area (Å²) < 4.78 is 0. The molecule has 0 aliphatic heterocycles. The standard InChI is InChI=1S/C53H67N.C48H30/c1-7-10-12-14-16-18-36-53(37-19-17-15-13-11-8-2)51-38-41(5)22-34-49(51)50-35-27-45(39-52(50)53)44-25-32-48(33-26-44)54(46-28-20-40(4)21-29-46)47-30-23-43(24-31-47)42(6)9-3;1-4-13-31(14-5-1)34-23-24-36-30-37(26-25-35(36)29-34)38-27-28-43-46-39(38)21-12-22-42(46)47-44(32-15-6-2-7-16-32)40-19-10-11-20-41(40)45(48(43)47)33-17-8-3-9-18-33/h20-35,38-39,42H,7-19,36-37H2,1-6H3;1-30H. The lowest BCUT2D eigenvalue weighted by Crippen LogP contribution is -2.25. The Kier molecular flexibility index (Phi) is 20.2. The van der Waals surface area contributed by atoms with Gasteiger partial charge in [0.1, 0.15) is 0 Å². The van der Waals surface area contributed by atoms with Crippen LogP contribution in [0.2, 0.25) is 0 Å². The number of hydrogen-bond donors (Lipinski definition) is 0. The Morgan fingerprint density at radius 3 is 1.28 bits per heavy atom. The molecule has 102 heavy (non-hydrogen) atoms. The zero-order valence-corrected chi connectivity index (χ0v) is 60.8. The molecule has 2 aliphatic carbocycles. The summed E-state index contributed by atoms with van der Waals surface area (Å²) in [5.74, 6) is 0.561. The molecule has 1 atom stereocenters. The summed E-state index contributed by atoms with van der Waals surface area (Å²) in [7, 11) is 0. The Labute approximate surface area is 607 Å². The molecule has 1 nitrogen and oxygen atoms in total. The quantitative estimate of drug-likeness (QED) is 0.0545. The summed E-state index contributed by atoms with van der Waals surface area (Å²) in [5, 5.41) is 7.72. The number of rotatable bonds is 24. The third-order valence-corrected chi connectivity index (χ3v) is 22.7. The van der Waals surface area contributed by atoms with E-state index in [0.29, 0.717) is 5.92 Å². The van der Waals surface area contributed by atoms with E-state index in [1.807, 2.05) is 0 Å². The lowest BCUT2D eigenvalue weighted by Gasteiger charge is -2.33. The van der Waals surface area contributed by atoms with Gasteiger partial charge < -0.3 is 4.90 Å². The van der Waals surface area contributed by atoms with Crippen molar-refractivity contribution in [3.8, 4) is 89.0 Å². The predicted molar refractivity (Wildman–Crippen MR) is 442 cm³/mol. The van der Waals surface area contributed by atoms with Crippen LogP contribution in [-0.4, -0.2) is 0 Å². The van der Waals surface area contributed by atoms with Crippen molar-refractivity contribution in [1.82, 2.24) is 0 Å². The summed E-state index contributed by atoms with van der Waals surface area (Å²) in [5.41, 5.74) is 31.9. The molecule has 14 aromatic rings. The molecule has 0 fully saturated rings. The Morgan fingerprint density at radius 2 is 0.706 bits per heavy atom. The lowest BCUT2D eigenvalue weighted by atomic mass is 9.70. The van der Waals surface area contributed by atoms with Gasteiger partial charge >= 0.3 is 0 Å². The van der Waals surface area contributed by atoms with Gasteiger partial charge in [-0.3, -0.25) is 0 Å². The van der Waals surface area contributed by atoms with E-state index >= 15 is 0 Å². The minimum Gasteiger partial charge on any atom is -0.311 e. The van der Waals surface area contributed by atoms with Gasteiger partial charge in [-0.05, 0) is 232 Å². The van der Waals surface area contributed by atoms with Crippen molar-refractivity contribution < 1.29 is 0 Å². The van der Waals surface area contributed by atoms with Gasteiger partial charge in [-0.1, -0.05) is 352 Å². The number of benzene rings is 14. The molecule has 1 unspecified atom stereocenters. The number of unbranched alkanes of at least 4 members (excludes halogenated alkanes) is 10. The van der Waals surface area contributed by atoms with Gasteiger partial charge in [-0.25, -0.2) is 0 Å². The van der Waals surface area contributed by atoms with E-state index in [0.717, 1.165) is 6.42 Å². The zero-order chi connectivity index (χ0) is 69.5. The van der Waals surface area contributed by atoms with Crippen molar-refractivity contribution in [3.05, 3.63) is 319 Å². The summed E-state index contributed by atoms with van der Waals surface area (Å²) in [6.45, 7) is 13.7. The van der Waals surface area contributed by atoms with E-state index < -0.39 is 0 Å². The van der Waals surface area contributed by atoms with E-state index in [9.17, 15) is 0 Å². The van der Waals surface area contributed by atoms with Gasteiger partial charge in [-0.2, -0.15) is 0 Å². The minimum atomic E-state index is 0.0891. The lowest BCUT2D eigenvalue weighted by molar-refractivity contribution is 0.398. The topological polar surface area (TPSA) is 3.24 Å². The van der Waals surface area contributed by atoms with Crippen molar-refractivity contribution in [2.45, 2.75) is 149 Å². The fourth-order valence-corrected chi connectivity index (χ4v) is 17.1. The van der Waals surface area contributed by atoms with Crippen LogP contribution in [-0.2, 0) is 5.41 Å². The highest BCUT2D eigenvalue weighted by atomic mass is 15.1. The van der Waals surface area contributed by atoms with Gasteiger partial charge in [0.15, 0.2) is 0 Å². The Balaban J connectivity index is 0.000000166. The second kappa shape index (κ2) is 30.5. The number of hydrogen-bond acceptors (Lipinski definition) is 1. The smallest absolute Gasteiger partial charge is 0.0462 e. The van der Waals surface area contributed by atoms with Gasteiger partial charge in [0.25, 0.3) is 0 Å². The van der Waals surface area contributed by atoms with Crippen LogP contribution in [0.25, 0.3) is 121 Å². The van der Waals surface area contributed by atoms with Gasteiger partial charge in [0.2, 0.25) is 0 Å². The van der Waals surface area contributed by atoms with Crippen LogP contribution < -0.4 is 4.90 Å². The molecular weight excluding hydrogens is 1230 g/mol. The molecule has 506 valence electrons. The molecule has 0 spiro atoms. The number of aryl methyl sites for hydroxylation is 2. The zero-order valence-electron chi connectivity index (χ0n) is 60.8. The second-order valence-corrected chi connectivity index (χ2v) is 29.4. The molecule has 2 aliphatic rings. The SMILES string of the molecule is CCCCCCCCC1(CCCCCCCC)c2cc(C)ccc2-c2ccc(-c3ccc(N(c4ccc(C)cc4)c4ccc(C(C)CC)cc4)cc3)cc21.c1ccc(-c2ccc3cc(-c4ccc5c6c(cccc46)-c4c-5c(-c5ccccc5)c5ccccc5c4-c4ccccc4)ccc3c2)cc1. The van der Waals surface area contributed by atoms with Crippen LogP contribution >= 0.6 is 0 Å². The summed E-state index contributed by atoms with van der Waals surface area (Å²) >= 11 is 0. The molecular formula is C101H97N. The molecule has 14 aromatic carbocycles. The summed E-state index contributed by atoms with van der Waals surface area (Å²) in [4.78, 5) is 2.40. The van der Waals surface area contributed by atoms with E-state index in [2.05, 4.69) is 338 Å². The average Bonchev–Trinajstić information content (AvgIpc) is 1.57. The van der Waals surface area contributed by atoms with Crippen molar-refractivity contribution in [2.24, 2.45) is 0 Å². The van der Waals surface area contributed by atoms with E-state index in [4.69, 9.17) is 0 Å². The maximum Gasteiger partial charge on any atom is 0.0462 e. The van der Waals surface area contributed by atoms with Gasteiger partial charge in [0.05, 0.1) is 0 Å². The molecule has 0 amide bonds. The summed E-state index contributed by atoms with van der Waals surface area (Å²) in [6, 6.07) is 109. The molecule has 0 N–H and O–H groups in total. The highest BCUT2D eigenvalue weighted by Gasteiger charge is 2.43. The summed E-state index contributed by atoms with van der Waals surface area (Å²) in [6.07, 6.45) is 19.8. The van der Waals surface area contributed by atoms with Crippen molar-refractivity contribution >= 4 is 49.4 Å². The number of nitrogens with zero attached hydrogens (tertiary/aromatic N) is 1. The Morgan fingerprint density at radius 1 is 0.294 bits per heavy atom. The van der Waals surface area contributed by atoms with Crippen LogP contribution in [0.5, 0.6) is 0 Å². The molecule has 0 bridgehead atoms. The Hall–Kier alpha value is -10.3. The minimum absolute atomic E-state index is 0.0891. The van der Waals surface area contributed by atoms with Gasteiger partial charge in [0, 0.05) is 22.5 Å². The molecule has 0 heterocycles. The fourth-order valence-electron chi connectivity index (χ4n) is 17.1. The molecule has 1 heteroatoms. The first kappa shape index (κ1) is 67.5. The van der Waals surface area contributed by atoms with Crippen molar-refractivity contribution in [1.29, 1.82) is 0 Å². The number of fused-ring (bicyclic) bond motifs is 8.